The quantitative estimate of drug-likeness (QED) is 0.832. The van der Waals surface area contributed by atoms with Gasteiger partial charge in [0.25, 0.3) is 0 Å². The highest BCUT2D eigenvalue weighted by Crippen LogP contribution is 2.27. The number of ether oxygens (including phenoxy) is 1. The molecule has 0 heterocycles. The Hall–Kier alpha value is -1.51. The van der Waals surface area contributed by atoms with Gasteiger partial charge in [-0.15, -0.1) is 12.3 Å². The van der Waals surface area contributed by atoms with Crippen LogP contribution in [0, 0.1) is 12.3 Å². The summed E-state index contributed by atoms with van der Waals surface area (Å²) in [4.78, 5) is 11.6. The minimum Gasteiger partial charge on any atom is -0.496 e. The van der Waals surface area contributed by atoms with Crippen molar-refractivity contribution in [1.29, 1.82) is 0 Å². The molecule has 1 unspecified atom stereocenters. The fourth-order valence-corrected chi connectivity index (χ4v) is 1.74. The number of methoxy groups -OCH3 is 1. The number of nitrogens with one attached hydrogen (secondary N) is 1. The van der Waals surface area contributed by atoms with Gasteiger partial charge in [0.05, 0.1) is 17.6 Å². The van der Waals surface area contributed by atoms with Crippen molar-refractivity contribution in [1.82, 2.24) is 0 Å². The van der Waals surface area contributed by atoms with Crippen LogP contribution in [-0.4, -0.2) is 19.1 Å². The van der Waals surface area contributed by atoms with Gasteiger partial charge in [0, 0.05) is 12.1 Å². The van der Waals surface area contributed by atoms with Crippen molar-refractivity contribution >= 4 is 27.5 Å². The van der Waals surface area contributed by atoms with Gasteiger partial charge in [-0.2, -0.15) is 0 Å². The minimum atomic E-state index is -0.694. The van der Waals surface area contributed by atoms with Crippen LogP contribution in [0.4, 0.5) is 5.69 Å². The fraction of sp³-hybridized carbons (Fsp3) is 0.250. The van der Waals surface area contributed by atoms with Gasteiger partial charge in [0.15, 0.2) is 0 Å². The third-order valence-electron chi connectivity index (χ3n) is 2.09. The molecule has 0 spiro atoms. The van der Waals surface area contributed by atoms with Crippen molar-refractivity contribution in [3.8, 4) is 18.1 Å². The summed E-state index contributed by atoms with van der Waals surface area (Å²) < 4.78 is 5.83. The van der Waals surface area contributed by atoms with Crippen LogP contribution < -0.4 is 15.8 Å². The van der Waals surface area contributed by atoms with Crippen molar-refractivity contribution in [3.63, 3.8) is 0 Å². The van der Waals surface area contributed by atoms with Gasteiger partial charge in [-0.3, -0.25) is 4.79 Å². The molecule has 1 rings (SSSR count). The number of hydrogen-bond acceptors (Lipinski definition) is 3. The molecule has 1 aromatic rings. The summed E-state index contributed by atoms with van der Waals surface area (Å²) in [5, 5.41) is 2.67. The molecule has 3 N–H and O–H groups in total. The van der Waals surface area contributed by atoms with Crippen LogP contribution in [0.1, 0.15) is 6.42 Å². The van der Waals surface area contributed by atoms with Crippen molar-refractivity contribution in [2.24, 2.45) is 5.73 Å². The lowest BCUT2D eigenvalue weighted by molar-refractivity contribution is -0.117. The lowest BCUT2D eigenvalue weighted by atomic mass is 10.2. The van der Waals surface area contributed by atoms with Gasteiger partial charge in [-0.05, 0) is 34.1 Å². The minimum absolute atomic E-state index is 0.211. The molecule has 17 heavy (non-hydrogen) atoms. The summed E-state index contributed by atoms with van der Waals surface area (Å²) in [6.07, 6.45) is 5.30. The van der Waals surface area contributed by atoms with E-state index in [9.17, 15) is 4.79 Å². The molecule has 0 fully saturated rings. The van der Waals surface area contributed by atoms with Crippen LogP contribution in [0.2, 0.25) is 0 Å². The van der Waals surface area contributed by atoms with E-state index in [1.54, 1.807) is 25.3 Å². The smallest absolute Gasteiger partial charge is 0.242 e. The summed E-state index contributed by atoms with van der Waals surface area (Å²) in [6.45, 7) is 0. The molecule has 5 heteroatoms. The SMILES string of the molecule is C#CCC(N)C(=O)Nc1ccc(OC)c(Br)c1. The Labute approximate surface area is 109 Å². The van der Waals surface area contributed by atoms with E-state index in [1.165, 1.54) is 0 Å². The van der Waals surface area contributed by atoms with Gasteiger partial charge >= 0.3 is 0 Å². The van der Waals surface area contributed by atoms with Gasteiger partial charge in [0.2, 0.25) is 5.91 Å². The molecule has 0 bridgehead atoms. The van der Waals surface area contributed by atoms with E-state index < -0.39 is 6.04 Å². The van der Waals surface area contributed by atoms with Crippen LogP contribution in [0.25, 0.3) is 0 Å². The van der Waals surface area contributed by atoms with Crippen LogP contribution in [-0.2, 0) is 4.79 Å². The van der Waals surface area contributed by atoms with Crippen LogP contribution in [0.15, 0.2) is 22.7 Å². The Kier molecular flexibility index (Phi) is 5.01. The van der Waals surface area contributed by atoms with E-state index in [2.05, 4.69) is 27.2 Å². The largest absolute Gasteiger partial charge is 0.496 e. The number of carbonyl (C=O) groups excluding carboxylic acids is 1. The summed E-state index contributed by atoms with van der Waals surface area (Å²) in [6, 6.07) is 4.51. The molecule has 90 valence electrons. The molecule has 0 saturated heterocycles. The number of carbonyl (C=O) groups is 1. The monoisotopic (exact) mass is 296 g/mol. The summed E-state index contributed by atoms with van der Waals surface area (Å²) in [5.74, 6) is 2.73. The Morgan fingerprint density at radius 1 is 1.71 bits per heavy atom. The molecule has 0 radical (unpaired) electrons. The normalized spacial score (nSPS) is 11.4. The molecule has 1 atom stereocenters. The number of rotatable bonds is 4. The maximum atomic E-state index is 11.6. The van der Waals surface area contributed by atoms with E-state index in [0.29, 0.717) is 11.4 Å². The van der Waals surface area contributed by atoms with Crippen LogP contribution >= 0.6 is 15.9 Å². The second kappa shape index (κ2) is 6.28. The molecule has 0 saturated carbocycles. The molecule has 1 aromatic carbocycles. The van der Waals surface area contributed by atoms with Crippen molar-refractivity contribution in [2.75, 3.05) is 12.4 Å². The predicted molar refractivity (Wildman–Crippen MR) is 70.7 cm³/mol. The summed E-state index contributed by atoms with van der Waals surface area (Å²) >= 11 is 3.33. The topological polar surface area (TPSA) is 64.4 Å². The third-order valence-corrected chi connectivity index (χ3v) is 2.71. The van der Waals surface area contributed by atoms with E-state index >= 15 is 0 Å². The Balaban J connectivity index is 2.73. The summed E-state index contributed by atoms with van der Waals surface area (Å²) in [5.41, 5.74) is 6.21. The Morgan fingerprint density at radius 3 is 2.94 bits per heavy atom. The van der Waals surface area contributed by atoms with E-state index in [4.69, 9.17) is 16.9 Å². The molecule has 1 amide bonds. The second-order valence-corrected chi connectivity index (χ2v) is 4.21. The molecule has 0 aliphatic rings. The molecule has 0 aliphatic carbocycles. The summed E-state index contributed by atoms with van der Waals surface area (Å²) in [7, 11) is 1.57. The third kappa shape index (κ3) is 3.77. The number of terminal acetylenes is 1. The maximum absolute atomic E-state index is 11.6. The zero-order chi connectivity index (χ0) is 12.8. The van der Waals surface area contributed by atoms with Crippen molar-refractivity contribution < 1.29 is 9.53 Å². The first-order chi connectivity index (χ1) is 8.08. The average molecular weight is 297 g/mol. The maximum Gasteiger partial charge on any atom is 0.242 e. The zero-order valence-corrected chi connectivity index (χ0v) is 11.0. The standard InChI is InChI=1S/C12H13BrN2O2/c1-3-4-10(14)12(16)15-8-5-6-11(17-2)9(13)7-8/h1,5-7,10H,4,14H2,2H3,(H,15,16). The second-order valence-electron chi connectivity index (χ2n) is 3.35. The molecule has 0 aromatic heterocycles. The lowest BCUT2D eigenvalue weighted by Crippen LogP contribution is -2.35. The highest BCUT2D eigenvalue weighted by molar-refractivity contribution is 9.10. The lowest BCUT2D eigenvalue weighted by Gasteiger charge is -2.11. The number of hydrogen-bond donors (Lipinski definition) is 2. The molecule has 0 aliphatic heterocycles. The zero-order valence-electron chi connectivity index (χ0n) is 9.37. The molecule has 4 nitrogen and oxygen atoms in total. The van der Waals surface area contributed by atoms with Crippen LogP contribution in [0.5, 0.6) is 5.75 Å². The van der Waals surface area contributed by atoms with Gasteiger partial charge in [0.1, 0.15) is 5.75 Å². The number of benzene rings is 1. The predicted octanol–water partition coefficient (Wildman–Crippen LogP) is 1.75. The Morgan fingerprint density at radius 2 is 2.41 bits per heavy atom. The molecular weight excluding hydrogens is 284 g/mol. The first-order valence-corrected chi connectivity index (χ1v) is 5.71. The fourth-order valence-electron chi connectivity index (χ4n) is 1.20. The van der Waals surface area contributed by atoms with E-state index in [0.717, 1.165) is 4.47 Å². The van der Waals surface area contributed by atoms with Gasteiger partial charge in [-0.25, -0.2) is 0 Å². The average Bonchev–Trinajstić information content (AvgIpc) is 2.29. The van der Waals surface area contributed by atoms with E-state index in [-0.39, 0.29) is 12.3 Å². The first kappa shape index (κ1) is 13.6. The van der Waals surface area contributed by atoms with Crippen molar-refractivity contribution in [2.45, 2.75) is 12.5 Å². The van der Waals surface area contributed by atoms with Crippen molar-refractivity contribution in [3.05, 3.63) is 22.7 Å². The molecular formula is C12H13BrN2O2. The number of nitrogens with two attached hydrogens (primary N) is 1. The highest BCUT2D eigenvalue weighted by atomic mass is 79.9. The number of anilines is 1. The Bertz CT molecular complexity index is 454. The van der Waals surface area contributed by atoms with Crippen LogP contribution in [0.3, 0.4) is 0 Å². The first-order valence-electron chi connectivity index (χ1n) is 4.92. The number of halogens is 1. The van der Waals surface area contributed by atoms with Gasteiger partial charge in [-0.1, -0.05) is 0 Å². The van der Waals surface area contributed by atoms with Gasteiger partial charge < -0.3 is 15.8 Å². The van der Waals surface area contributed by atoms with E-state index in [1.807, 2.05) is 0 Å². The number of amides is 1. The highest BCUT2D eigenvalue weighted by Gasteiger charge is 2.12.